The SMILES string of the molecule is O=[N+]([O-])c1ccc2c(Sc3ncccn3)nccc2c1. The number of nitro benzene ring substituents is 1. The maximum Gasteiger partial charge on any atom is 0.270 e. The maximum absolute atomic E-state index is 10.8. The second-order valence-corrected chi connectivity index (χ2v) is 4.87. The predicted molar refractivity (Wildman–Crippen MR) is 74.6 cm³/mol. The molecule has 0 N–H and O–H groups in total. The Morgan fingerprint density at radius 3 is 2.60 bits per heavy atom. The first-order valence-corrected chi connectivity index (χ1v) is 6.54. The Hall–Kier alpha value is -2.54. The highest BCUT2D eigenvalue weighted by molar-refractivity contribution is 7.99. The number of benzene rings is 1. The van der Waals surface area contributed by atoms with Gasteiger partial charge in [-0.25, -0.2) is 15.0 Å². The van der Waals surface area contributed by atoms with Crippen molar-refractivity contribution >= 4 is 28.2 Å². The first-order chi connectivity index (χ1) is 9.74. The van der Waals surface area contributed by atoms with Gasteiger partial charge in [-0.15, -0.1) is 0 Å². The third-order valence-corrected chi connectivity index (χ3v) is 3.56. The highest BCUT2D eigenvalue weighted by Gasteiger charge is 2.10. The van der Waals surface area contributed by atoms with Crippen LogP contribution in [-0.4, -0.2) is 19.9 Å². The van der Waals surface area contributed by atoms with Crippen molar-refractivity contribution in [1.82, 2.24) is 15.0 Å². The van der Waals surface area contributed by atoms with Gasteiger partial charge >= 0.3 is 0 Å². The smallest absolute Gasteiger partial charge is 0.258 e. The van der Waals surface area contributed by atoms with Crippen LogP contribution in [0.1, 0.15) is 0 Å². The summed E-state index contributed by atoms with van der Waals surface area (Å²) in [5.41, 5.74) is 0.0654. The number of nitrogens with zero attached hydrogens (tertiary/aromatic N) is 4. The van der Waals surface area contributed by atoms with Crippen LogP contribution in [0.2, 0.25) is 0 Å². The quantitative estimate of drug-likeness (QED) is 0.417. The molecule has 0 saturated heterocycles. The van der Waals surface area contributed by atoms with Gasteiger partial charge in [-0.3, -0.25) is 10.1 Å². The van der Waals surface area contributed by atoms with Gasteiger partial charge < -0.3 is 0 Å². The van der Waals surface area contributed by atoms with Gasteiger partial charge in [0.25, 0.3) is 5.69 Å². The number of hydrogen-bond acceptors (Lipinski definition) is 6. The second-order valence-electron chi connectivity index (χ2n) is 3.91. The van der Waals surface area contributed by atoms with Gasteiger partial charge in [0.1, 0.15) is 5.03 Å². The molecular weight excluding hydrogens is 276 g/mol. The largest absolute Gasteiger partial charge is 0.270 e. The summed E-state index contributed by atoms with van der Waals surface area (Å²) in [6.45, 7) is 0. The standard InChI is InChI=1S/C13H8N4O2S/c18-17(19)10-2-3-11-9(8-10)4-7-14-12(11)20-13-15-5-1-6-16-13/h1-8H. The molecule has 0 unspecified atom stereocenters. The van der Waals surface area contributed by atoms with Crippen LogP contribution in [0.4, 0.5) is 5.69 Å². The Bertz CT molecular complexity index is 780. The Morgan fingerprint density at radius 2 is 1.85 bits per heavy atom. The van der Waals surface area contributed by atoms with Gasteiger partial charge in [0.2, 0.25) is 0 Å². The van der Waals surface area contributed by atoms with E-state index < -0.39 is 4.92 Å². The summed E-state index contributed by atoms with van der Waals surface area (Å²) in [6.07, 6.45) is 4.94. The van der Waals surface area contributed by atoms with Crippen molar-refractivity contribution in [2.75, 3.05) is 0 Å². The zero-order chi connectivity index (χ0) is 13.9. The van der Waals surface area contributed by atoms with E-state index in [4.69, 9.17) is 0 Å². The summed E-state index contributed by atoms with van der Waals surface area (Å²) in [7, 11) is 0. The van der Waals surface area contributed by atoms with Crippen LogP contribution < -0.4 is 0 Å². The van der Waals surface area contributed by atoms with Crippen molar-refractivity contribution in [3.63, 3.8) is 0 Å². The molecule has 6 nitrogen and oxygen atoms in total. The van der Waals surface area contributed by atoms with Crippen LogP contribution in [0.25, 0.3) is 10.8 Å². The van der Waals surface area contributed by atoms with Crippen molar-refractivity contribution in [2.45, 2.75) is 10.2 Å². The first-order valence-electron chi connectivity index (χ1n) is 5.72. The zero-order valence-corrected chi connectivity index (χ0v) is 10.9. The second kappa shape index (κ2) is 5.22. The molecule has 7 heteroatoms. The van der Waals surface area contributed by atoms with Crippen molar-refractivity contribution in [3.8, 4) is 0 Å². The normalized spacial score (nSPS) is 10.6. The molecule has 0 atom stereocenters. The van der Waals surface area contributed by atoms with Crippen molar-refractivity contribution in [1.29, 1.82) is 0 Å². The van der Waals surface area contributed by atoms with E-state index in [0.29, 0.717) is 5.16 Å². The monoisotopic (exact) mass is 284 g/mol. The third-order valence-electron chi connectivity index (χ3n) is 2.65. The Labute approximate surface area is 118 Å². The van der Waals surface area contributed by atoms with E-state index in [1.807, 2.05) is 0 Å². The minimum Gasteiger partial charge on any atom is -0.258 e. The molecular formula is C13H8N4O2S. The van der Waals surface area contributed by atoms with Crippen LogP contribution in [0.5, 0.6) is 0 Å². The van der Waals surface area contributed by atoms with E-state index in [1.165, 1.54) is 23.9 Å². The number of aromatic nitrogens is 3. The lowest BCUT2D eigenvalue weighted by molar-refractivity contribution is -0.384. The molecule has 2 heterocycles. The molecule has 98 valence electrons. The Morgan fingerprint density at radius 1 is 1.05 bits per heavy atom. The molecule has 3 rings (SSSR count). The summed E-state index contributed by atoms with van der Waals surface area (Å²) < 4.78 is 0. The fourth-order valence-corrected chi connectivity index (χ4v) is 2.57. The van der Waals surface area contributed by atoms with Crippen LogP contribution >= 0.6 is 11.8 Å². The summed E-state index contributed by atoms with van der Waals surface area (Å²) in [5.74, 6) is 0. The topological polar surface area (TPSA) is 81.8 Å². The molecule has 0 aliphatic rings. The van der Waals surface area contributed by atoms with E-state index in [1.54, 1.807) is 36.8 Å². The minimum absolute atomic E-state index is 0.0654. The summed E-state index contributed by atoms with van der Waals surface area (Å²) in [4.78, 5) is 22.9. The van der Waals surface area contributed by atoms with Gasteiger partial charge in [0.05, 0.1) is 4.92 Å². The molecule has 0 bridgehead atoms. The molecule has 20 heavy (non-hydrogen) atoms. The van der Waals surface area contributed by atoms with Gasteiger partial charge in [-0.05, 0) is 35.3 Å². The van der Waals surface area contributed by atoms with Crippen LogP contribution in [0.15, 0.2) is 59.1 Å². The lowest BCUT2D eigenvalue weighted by atomic mass is 10.1. The molecule has 0 aliphatic heterocycles. The van der Waals surface area contributed by atoms with Crippen molar-refractivity contribution in [3.05, 3.63) is 59.0 Å². The highest BCUT2D eigenvalue weighted by Crippen LogP contribution is 2.31. The molecule has 0 amide bonds. The lowest BCUT2D eigenvalue weighted by Crippen LogP contribution is -1.90. The highest BCUT2D eigenvalue weighted by atomic mass is 32.2. The summed E-state index contributed by atoms with van der Waals surface area (Å²) in [5, 5.41) is 13.7. The average Bonchev–Trinajstić information content (AvgIpc) is 2.48. The molecule has 2 aromatic heterocycles. The lowest BCUT2D eigenvalue weighted by Gasteiger charge is -2.03. The van der Waals surface area contributed by atoms with E-state index in [-0.39, 0.29) is 5.69 Å². The molecule has 1 aromatic carbocycles. The third kappa shape index (κ3) is 2.43. The van der Waals surface area contributed by atoms with Crippen molar-refractivity contribution < 1.29 is 4.92 Å². The molecule has 3 aromatic rings. The van der Waals surface area contributed by atoms with Crippen LogP contribution in [0, 0.1) is 10.1 Å². The fourth-order valence-electron chi connectivity index (χ4n) is 1.76. The molecule has 0 spiro atoms. The number of hydrogen-bond donors (Lipinski definition) is 0. The van der Waals surface area contributed by atoms with E-state index in [9.17, 15) is 10.1 Å². The number of fused-ring (bicyclic) bond motifs is 1. The minimum atomic E-state index is -0.410. The van der Waals surface area contributed by atoms with Gasteiger partial charge in [-0.1, -0.05) is 0 Å². The number of nitro groups is 1. The average molecular weight is 284 g/mol. The molecule has 0 saturated carbocycles. The van der Waals surface area contributed by atoms with Crippen LogP contribution in [-0.2, 0) is 0 Å². The van der Waals surface area contributed by atoms with E-state index in [2.05, 4.69) is 15.0 Å². The zero-order valence-electron chi connectivity index (χ0n) is 10.1. The summed E-state index contributed by atoms with van der Waals surface area (Å²) in [6, 6.07) is 8.20. The number of non-ortho nitro benzene ring substituents is 1. The van der Waals surface area contributed by atoms with Gasteiger partial charge in [-0.2, -0.15) is 0 Å². The van der Waals surface area contributed by atoms with Crippen LogP contribution in [0.3, 0.4) is 0 Å². The fraction of sp³-hybridized carbons (Fsp3) is 0. The molecule has 0 fully saturated rings. The van der Waals surface area contributed by atoms with E-state index >= 15 is 0 Å². The first kappa shape index (κ1) is 12.5. The van der Waals surface area contributed by atoms with Crippen molar-refractivity contribution in [2.24, 2.45) is 0 Å². The predicted octanol–water partition coefficient (Wildman–Crippen LogP) is 3.08. The molecule has 0 aliphatic carbocycles. The summed E-state index contributed by atoms with van der Waals surface area (Å²) >= 11 is 1.33. The Kier molecular flexibility index (Phi) is 3.26. The maximum atomic E-state index is 10.8. The number of rotatable bonds is 3. The number of pyridine rings is 1. The van der Waals surface area contributed by atoms with E-state index in [0.717, 1.165) is 15.8 Å². The van der Waals surface area contributed by atoms with Gasteiger partial charge in [0, 0.05) is 36.1 Å². The Balaban J connectivity index is 2.06. The molecule has 0 radical (unpaired) electrons. The van der Waals surface area contributed by atoms with Gasteiger partial charge in [0.15, 0.2) is 5.16 Å².